The van der Waals surface area contributed by atoms with Crippen LogP contribution in [0.3, 0.4) is 0 Å². The van der Waals surface area contributed by atoms with E-state index in [1.165, 1.54) is 0 Å². The average molecular weight is 136 g/mol. The summed E-state index contributed by atoms with van der Waals surface area (Å²) in [5.74, 6) is 0.701. The lowest BCUT2D eigenvalue weighted by Gasteiger charge is -2.10. The molecule has 1 atom stereocenters. The third-order valence-electron chi connectivity index (χ3n) is 1.60. The molecule has 0 radical (unpaired) electrons. The summed E-state index contributed by atoms with van der Waals surface area (Å²) in [6.45, 7) is 5.57. The summed E-state index contributed by atoms with van der Waals surface area (Å²) in [7, 11) is 0. The van der Waals surface area contributed by atoms with Crippen molar-refractivity contribution in [3.05, 3.63) is 36.1 Å². The van der Waals surface area contributed by atoms with Gasteiger partial charge in [-0.3, -0.25) is 0 Å². The summed E-state index contributed by atoms with van der Waals surface area (Å²) in [5.41, 5.74) is 0.860. The standard InChI is InChI=1S/C9H12O/c1-7-4-3-5-9(6-7)8(2)10/h3,5-7,10H,2,4H2,1H3. The van der Waals surface area contributed by atoms with Gasteiger partial charge in [0.2, 0.25) is 0 Å². The van der Waals surface area contributed by atoms with Gasteiger partial charge in [0.1, 0.15) is 5.76 Å². The first kappa shape index (κ1) is 7.13. The van der Waals surface area contributed by atoms with E-state index in [1.54, 1.807) is 0 Å². The molecule has 0 amide bonds. The second-order valence-electron chi connectivity index (χ2n) is 2.68. The molecule has 0 bridgehead atoms. The number of aliphatic hydroxyl groups excluding tert-OH is 1. The Morgan fingerprint density at radius 1 is 1.80 bits per heavy atom. The third kappa shape index (κ3) is 1.50. The Hall–Kier alpha value is -0.980. The third-order valence-corrected chi connectivity index (χ3v) is 1.60. The number of hydrogen-bond acceptors (Lipinski definition) is 1. The van der Waals surface area contributed by atoms with Gasteiger partial charge >= 0.3 is 0 Å². The molecule has 0 aromatic heterocycles. The van der Waals surface area contributed by atoms with Gasteiger partial charge in [-0.25, -0.2) is 0 Å². The van der Waals surface area contributed by atoms with Gasteiger partial charge in [0.25, 0.3) is 0 Å². The number of rotatable bonds is 1. The van der Waals surface area contributed by atoms with Gasteiger partial charge in [-0.15, -0.1) is 0 Å². The van der Waals surface area contributed by atoms with Gasteiger partial charge in [-0.1, -0.05) is 31.7 Å². The van der Waals surface area contributed by atoms with Crippen LogP contribution in [0, 0.1) is 5.92 Å². The SMILES string of the molecule is C=C(O)C1=CC(C)CC=C1. The molecule has 10 heavy (non-hydrogen) atoms. The van der Waals surface area contributed by atoms with Crippen LogP contribution in [0.2, 0.25) is 0 Å². The molecule has 0 fully saturated rings. The fraction of sp³-hybridized carbons (Fsp3) is 0.333. The van der Waals surface area contributed by atoms with E-state index < -0.39 is 0 Å². The lowest BCUT2D eigenvalue weighted by Crippen LogP contribution is -1.96. The van der Waals surface area contributed by atoms with Gasteiger partial charge in [0.15, 0.2) is 0 Å². The molecule has 0 saturated carbocycles. The van der Waals surface area contributed by atoms with Gasteiger partial charge in [-0.05, 0) is 12.3 Å². The van der Waals surface area contributed by atoms with Crippen molar-refractivity contribution < 1.29 is 5.11 Å². The summed E-state index contributed by atoms with van der Waals surface area (Å²) in [5, 5.41) is 8.98. The topological polar surface area (TPSA) is 20.2 Å². The van der Waals surface area contributed by atoms with Crippen LogP contribution in [0.25, 0.3) is 0 Å². The van der Waals surface area contributed by atoms with Crippen molar-refractivity contribution in [3.8, 4) is 0 Å². The van der Waals surface area contributed by atoms with Crippen LogP contribution in [0.4, 0.5) is 0 Å². The molecule has 1 heteroatoms. The Kier molecular flexibility index (Phi) is 1.95. The van der Waals surface area contributed by atoms with Gasteiger partial charge in [0, 0.05) is 5.57 Å². The first-order valence-electron chi connectivity index (χ1n) is 3.47. The largest absolute Gasteiger partial charge is 0.508 e. The highest BCUT2D eigenvalue weighted by molar-refractivity contribution is 5.36. The van der Waals surface area contributed by atoms with Crippen molar-refractivity contribution in [2.75, 3.05) is 0 Å². The molecule has 1 nitrogen and oxygen atoms in total. The molecule has 1 unspecified atom stereocenters. The summed E-state index contributed by atoms with van der Waals surface area (Å²) >= 11 is 0. The minimum atomic E-state index is 0.169. The van der Waals surface area contributed by atoms with Crippen LogP contribution in [0.5, 0.6) is 0 Å². The molecule has 0 aromatic rings. The Morgan fingerprint density at radius 3 is 2.90 bits per heavy atom. The summed E-state index contributed by atoms with van der Waals surface area (Å²) in [6, 6.07) is 0. The van der Waals surface area contributed by atoms with Crippen LogP contribution >= 0.6 is 0 Å². The van der Waals surface area contributed by atoms with Crippen LogP contribution in [-0.2, 0) is 0 Å². The minimum absolute atomic E-state index is 0.169. The summed E-state index contributed by atoms with van der Waals surface area (Å²) in [6.07, 6.45) is 7.06. The molecule has 1 rings (SSSR count). The predicted molar refractivity (Wildman–Crippen MR) is 42.8 cm³/mol. The van der Waals surface area contributed by atoms with E-state index in [-0.39, 0.29) is 5.76 Å². The molecule has 54 valence electrons. The maximum atomic E-state index is 8.98. The molecule has 0 aromatic carbocycles. The quantitative estimate of drug-likeness (QED) is 0.549. The zero-order valence-electron chi connectivity index (χ0n) is 6.17. The molecule has 0 heterocycles. The number of allylic oxidation sites excluding steroid dienone is 3. The van der Waals surface area contributed by atoms with Crippen LogP contribution < -0.4 is 0 Å². The zero-order valence-corrected chi connectivity index (χ0v) is 6.17. The Balaban J connectivity index is 2.76. The predicted octanol–water partition coefficient (Wildman–Crippen LogP) is 2.58. The second kappa shape index (κ2) is 2.74. The molecule has 1 aliphatic rings. The summed E-state index contributed by atoms with van der Waals surface area (Å²) in [4.78, 5) is 0. The van der Waals surface area contributed by atoms with E-state index in [9.17, 15) is 0 Å². The molecule has 1 N–H and O–H groups in total. The van der Waals surface area contributed by atoms with Crippen molar-refractivity contribution >= 4 is 0 Å². The van der Waals surface area contributed by atoms with Crippen LogP contribution in [0.1, 0.15) is 13.3 Å². The van der Waals surface area contributed by atoms with Crippen molar-refractivity contribution in [2.45, 2.75) is 13.3 Å². The highest BCUT2D eigenvalue weighted by Gasteiger charge is 2.04. The number of aliphatic hydroxyl groups is 1. The maximum absolute atomic E-state index is 8.98. The Bertz CT molecular complexity index is 199. The normalized spacial score (nSPS) is 24.1. The van der Waals surface area contributed by atoms with Gasteiger partial charge < -0.3 is 5.11 Å². The van der Waals surface area contributed by atoms with Crippen molar-refractivity contribution in [3.63, 3.8) is 0 Å². The van der Waals surface area contributed by atoms with Gasteiger partial charge in [0.05, 0.1) is 0 Å². The Morgan fingerprint density at radius 2 is 2.50 bits per heavy atom. The smallest absolute Gasteiger partial charge is 0.115 e. The first-order chi connectivity index (χ1) is 4.70. The van der Waals surface area contributed by atoms with Crippen LogP contribution in [0.15, 0.2) is 36.1 Å². The minimum Gasteiger partial charge on any atom is -0.508 e. The fourth-order valence-corrected chi connectivity index (χ4v) is 1.03. The highest BCUT2D eigenvalue weighted by Crippen LogP contribution is 2.18. The lowest BCUT2D eigenvalue weighted by atomic mass is 9.97. The fourth-order valence-electron chi connectivity index (χ4n) is 1.03. The van der Waals surface area contributed by atoms with E-state index in [0.717, 1.165) is 12.0 Å². The van der Waals surface area contributed by atoms with E-state index in [2.05, 4.69) is 19.6 Å². The maximum Gasteiger partial charge on any atom is 0.115 e. The van der Waals surface area contributed by atoms with Gasteiger partial charge in [-0.2, -0.15) is 0 Å². The molecule has 1 aliphatic carbocycles. The Labute approximate surface area is 61.4 Å². The molecule has 0 aliphatic heterocycles. The second-order valence-corrected chi connectivity index (χ2v) is 2.68. The van der Waals surface area contributed by atoms with E-state index in [1.807, 2.05) is 12.2 Å². The van der Waals surface area contributed by atoms with E-state index in [0.29, 0.717) is 5.92 Å². The van der Waals surface area contributed by atoms with E-state index >= 15 is 0 Å². The highest BCUT2D eigenvalue weighted by atomic mass is 16.3. The average Bonchev–Trinajstić information content (AvgIpc) is 1.88. The molecular weight excluding hydrogens is 124 g/mol. The number of hydrogen-bond donors (Lipinski definition) is 1. The van der Waals surface area contributed by atoms with Crippen LogP contribution in [-0.4, -0.2) is 5.11 Å². The molecule has 0 spiro atoms. The lowest BCUT2D eigenvalue weighted by molar-refractivity contribution is 0.427. The summed E-state index contributed by atoms with van der Waals surface area (Å²) < 4.78 is 0. The van der Waals surface area contributed by atoms with E-state index in [4.69, 9.17) is 5.11 Å². The molecular formula is C9H12O. The van der Waals surface area contributed by atoms with Crippen molar-refractivity contribution in [2.24, 2.45) is 5.92 Å². The molecule has 0 saturated heterocycles. The van der Waals surface area contributed by atoms with Crippen molar-refractivity contribution in [1.82, 2.24) is 0 Å². The monoisotopic (exact) mass is 136 g/mol. The van der Waals surface area contributed by atoms with Crippen molar-refractivity contribution in [1.29, 1.82) is 0 Å². The zero-order chi connectivity index (χ0) is 7.56. The first-order valence-corrected chi connectivity index (χ1v) is 3.47.